The third-order valence-corrected chi connectivity index (χ3v) is 9.69. The lowest BCUT2D eigenvalue weighted by Gasteiger charge is -2.36. The predicted octanol–water partition coefficient (Wildman–Crippen LogP) is 4.36. The molecule has 5 atom stereocenters. The van der Waals surface area contributed by atoms with Crippen molar-refractivity contribution in [2.24, 2.45) is 17.8 Å². The number of carboxylic acid groups (broad SMARTS) is 1. The lowest BCUT2D eigenvalue weighted by atomic mass is 9.84. The number of hydrogen-bond acceptors (Lipinski definition) is 7. The minimum absolute atomic E-state index is 0.0781. The Morgan fingerprint density at radius 3 is 2.30 bits per heavy atom. The van der Waals surface area contributed by atoms with Crippen LogP contribution in [0.2, 0.25) is 0 Å². The van der Waals surface area contributed by atoms with Gasteiger partial charge in [-0.25, -0.2) is 9.59 Å². The molecule has 1 saturated heterocycles. The topological polar surface area (TPSA) is 125 Å². The van der Waals surface area contributed by atoms with E-state index in [0.717, 1.165) is 56.9 Å². The van der Waals surface area contributed by atoms with Gasteiger partial charge in [0.1, 0.15) is 18.7 Å². The number of fused-ring (bicyclic) bond motifs is 1. The maximum absolute atomic E-state index is 13.8. The number of carboxylic acids is 1. The molecular weight excluding hydrogens is 550 g/mol. The van der Waals surface area contributed by atoms with Crippen LogP contribution in [0.5, 0.6) is 0 Å². The van der Waals surface area contributed by atoms with Crippen molar-refractivity contribution < 1.29 is 33.8 Å². The zero-order valence-electron chi connectivity index (χ0n) is 25.5. The fraction of sp³-hybridized carbons (Fsp3) is 0.697. The second-order valence-corrected chi connectivity index (χ2v) is 12.8. The van der Waals surface area contributed by atoms with E-state index < -0.39 is 30.1 Å². The summed E-state index contributed by atoms with van der Waals surface area (Å²) in [7, 11) is 0. The Bertz CT molecular complexity index is 1130. The van der Waals surface area contributed by atoms with Crippen molar-refractivity contribution in [1.29, 1.82) is 0 Å². The van der Waals surface area contributed by atoms with Gasteiger partial charge in [0.2, 0.25) is 5.91 Å². The molecule has 10 nitrogen and oxygen atoms in total. The summed E-state index contributed by atoms with van der Waals surface area (Å²) in [5, 5.41) is 13.1. The monoisotopic (exact) mass is 597 g/mol. The van der Waals surface area contributed by atoms with Crippen LogP contribution in [0.3, 0.4) is 0 Å². The Kier molecular flexibility index (Phi) is 10.3. The molecular formula is C33H47N3O7. The lowest BCUT2D eigenvalue weighted by Crippen LogP contribution is -2.56. The first-order valence-corrected chi connectivity index (χ1v) is 16.2. The van der Waals surface area contributed by atoms with Crippen LogP contribution >= 0.6 is 0 Å². The van der Waals surface area contributed by atoms with Crippen molar-refractivity contribution in [1.82, 2.24) is 15.1 Å². The highest BCUT2D eigenvalue weighted by atomic mass is 16.6. The van der Waals surface area contributed by atoms with E-state index in [1.165, 1.54) is 0 Å². The molecule has 10 heteroatoms. The molecule has 4 fully saturated rings. The highest BCUT2D eigenvalue weighted by molar-refractivity contribution is 5.88. The first-order chi connectivity index (χ1) is 20.8. The van der Waals surface area contributed by atoms with E-state index in [-0.39, 0.29) is 56.2 Å². The van der Waals surface area contributed by atoms with Gasteiger partial charge in [-0.2, -0.15) is 0 Å². The van der Waals surface area contributed by atoms with Crippen molar-refractivity contribution in [3.05, 3.63) is 35.9 Å². The Labute approximate surface area is 254 Å². The molecule has 2 N–H and O–H groups in total. The number of rotatable bonds is 14. The molecule has 2 amide bonds. The summed E-state index contributed by atoms with van der Waals surface area (Å²) in [6.07, 6.45) is 8.44. The number of aliphatic carboxylic acids is 1. The molecule has 1 aliphatic heterocycles. The van der Waals surface area contributed by atoms with E-state index in [2.05, 4.69) is 5.32 Å². The minimum Gasteiger partial charge on any atom is -0.480 e. The molecule has 0 aromatic heterocycles. The van der Waals surface area contributed by atoms with Crippen molar-refractivity contribution in [3.63, 3.8) is 0 Å². The summed E-state index contributed by atoms with van der Waals surface area (Å²) >= 11 is 0. The van der Waals surface area contributed by atoms with Crippen LogP contribution in [0.1, 0.15) is 83.6 Å². The standard InChI is InChI=1S/C33H47N3O7/c1-3-42-32(40)26(34-21(2)30(37)36-27-12-8-7-11-25(27)19-28(36)31(38)39)17-18-35(29(23-13-14-23)24-15-16-24)33(41)43-20-22-9-5-4-6-10-22/h4-6,9-10,21,23-29,34H,3,7-8,11-20H2,1-2H3,(H,38,39)/t21?,25?,26-,27?,28-/m0/s1. The molecule has 0 bridgehead atoms. The normalized spacial score (nSPS) is 24.6. The summed E-state index contributed by atoms with van der Waals surface area (Å²) in [5.41, 5.74) is 0.908. The Morgan fingerprint density at radius 1 is 1.00 bits per heavy atom. The SMILES string of the molecule is CCOC(=O)[C@H](CCN(C(=O)OCc1ccccc1)C(C1CC1)C1CC1)NC(C)C(=O)N1C2CCCCC2C[C@H]1C(=O)O. The average Bonchev–Trinajstić information content (AvgIpc) is 3.95. The molecule has 1 aromatic rings. The lowest BCUT2D eigenvalue weighted by molar-refractivity contribution is -0.152. The molecule has 0 spiro atoms. The second kappa shape index (κ2) is 14.1. The number of esters is 1. The van der Waals surface area contributed by atoms with Crippen LogP contribution in [-0.2, 0) is 30.5 Å². The van der Waals surface area contributed by atoms with E-state index in [1.54, 1.807) is 18.7 Å². The van der Waals surface area contributed by atoms with Gasteiger partial charge in [-0.15, -0.1) is 0 Å². The third kappa shape index (κ3) is 7.69. The molecule has 236 valence electrons. The van der Waals surface area contributed by atoms with Crippen LogP contribution in [-0.4, -0.2) is 82.2 Å². The van der Waals surface area contributed by atoms with Gasteiger partial charge in [-0.05, 0) is 88.5 Å². The van der Waals surface area contributed by atoms with E-state index in [1.807, 2.05) is 35.2 Å². The van der Waals surface area contributed by atoms with Gasteiger partial charge in [-0.1, -0.05) is 43.2 Å². The van der Waals surface area contributed by atoms with Crippen LogP contribution in [0.4, 0.5) is 4.79 Å². The summed E-state index contributed by atoms with van der Waals surface area (Å²) in [6, 6.07) is 7.08. The van der Waals surface area contributed by atoms with Crippen LogP contribution < -0.4 is 5.32 Å². The fourth-order valence-corrected chi connectivity index (χ4v) is 7.31. The zero-order valence-corrected chi connectivity index (χ0v) is 25.5. The third-order valence-electron chi connectivity index (χ3n) is 9.69. The number of carbonyl (C=O) groups is 4. The highest BCUT2D eigenvalue weighted by Crippen LogP contribution is 2.47. The van der Waals surface area contributed by atoms with Crippen molar-refractivity contribution in [2.75, 3.05) is 13.2 Å². The van der Waals surface area contributed by atoms with Crippen molar-refractivity contribution >= 4 is 23.9 Å². The molecule has 5 rings (SSSR count). The number of benzene rings is 1. The molecule has 43 heavy (non-hydrogen) atoms. The summed E-state index contributed by atoms with van der Waals surface area (Å²) in [5.74, 6) is -0.683. The minimum atomic E-state index is -0.979. The maximum atomic E-state index is 13.8. The van der Waals surface area contributed by atoms with Gasteiger partial charge < -0.3 is 24.4 Å². The first-order valence-electron chi connectivity index (χ1n) is 16.2. The van der Waals surface area contributed by atoms with E-state index >= 15 is 0 Å². The molecule has 1 aromatic carbocycles. The maximum Gasteiger partial charge on any atom is 0.410 e. The summed E-state index contributed by atoms with van der Waals surface area (Å²) < 4.78 is 11.2. The average molecular weight is 598 g/mol. The van der Waals surface area contributed by atoms with Gasteiger partial charge in [0, 0.05) is 18.6 Å². The molecule has 4 aliphatic rings. The van der Waals surface area contributed by atoms with Gasteiger partial charge in [0.25, 0.3) is 0 Å². The van der Waals surface area contributed by atoms with Crippen molar-refractivity contribution in [3.8, 4) is 0 Å². The quantitative estimate of drug-likeness (QED) is 0.303. The smallest absolute Gasteiger partial charge is 0.410 e. The molecule has 1 heterocycles. The summed E-state index contributed by atoms with van der Waals surface area (Å²) in [4.78, 5) is 55.9. The fourth-order valence-electron chi connectivity index (χ4n) is 7.31. The molecule has 3 unspecified atom stereocenters. The van der Waals surface area contributed by atoms with Gasteiger partial charge >= 0.3 is 18.0 Å². The number of amides is 2. The Morgan fingerprint density at radius 2 is 1.67 bits per heavy atom. The second-order valence-electron chi connectivity index (χ2n) is 12.8. The zero-order chi connectivity index (χ0) is 30.5. The number of nitrogens with one attached hydrogen (secondary N) is 1. The molecule has 0 radical (unpaired) electrons. The Hall–Kier alpha value is -3.14. The van der Waals surface area contributed by atoms with E-state index in [9.17, 15) is 24.3 Å². The number of hydrogen-bond donors (Lipinski definition) is 2. The predicted molar refractivity (Wildman–Crippen MR) is 159 cm³/mol. The number of carbonyl (C=O) groups excluding carboxylic acids is 3. The summed E-state index contributed by atoms with van der Waals surface area (Å²) in [6.45, 7) is 4.07. The van der Waals surface area contributed by atoms with E-state index in [0.29, 0.717) is 18.3 Å². The number of ether oxygens (including phenoxy) is 2. The van der Waals surface area contributed by atoms with Crippen LogP contribution in [0.15, 0.2) is 30.3 Å². The van der Waals surface area contributed by atoms with Gasteiger partial charge in [0.15, 0.2) is 0 Å². The first kappa shape index (κ1) is 31.3. The Balaban J connectivity index is 1.28. The van der Waals surface area contributed by atoms with E-state index in [4.69, 9.17) is 9.47 Å². The van der Waals surface area contributed by atoms with Crippen LogP contribution in [0, 0.1) is 17.8 Å². The number of nitrogens with zero attached hydrogens (tertiary/aromatic N) is 2. The highest BCUT2D eigenvalue weighted by Gasteiger charge is 2.49. The van der Waals surface area contributed by atoms with Gasteiger partial charge in [0.05, 0.1) is 12.6 Å². The van der Waals surface area contributed by atoms with Crippen molar-refractivity contribution in [2.45, 2.75) is 115 Å². The van der Waals surface area contributed by atoms with Crippen LogP contribution in [0.25, 0.3) is 0 Å². The number of likely N-dealkylation sites (tertiary alicyclic amines) is 1. The van der Waals surface area contributed by atoms with Gasteiger partial charge in [-0.3, -0.25) is 14.9 Å². The molecule has 3 aliphatic carbocycles. The largest absolute Gasteiger partial charge is 0.480 e. The molecule has 3 saturated carbocycles.